The number of hydrogen-bond donors (Lipinski definition) is 2. The van der Waals surface area contributed by atoms with Crippen LogP contribution in [0.25, 0.3) is 0 Å². The zero-order chi connectivity index (χ0) is 18.4. The van der Waals surface area contributed by atoms with Crippen LogP contribution in [0.15, 0.2) is 17.5 Å². The number of carbonyl (C=O) groups is 3. The minimum atomic E-state index is -0.893. The number of aliphatic carboxylic acids is 1. The fraction of sp³-hybridized carbons (Fsp3) is 0.611. The lowest BCUT2D eigenvalue weighted by Crippen LogP contribution is -2.44. The van der Waals surface area contributed by atoms with Gasteiger partial charge in [0.05, 0.1) is 6.42 Å². The third kappa shape index (κ3) is 5.85. The lowest BCUT2D eigenvalue weighted by Gasteiger charge is -2.32. The van der Waals surface area contributed by atoms with Gasteiger partial charge in [-0.05, 0) is 38.1 Å². The Labute approximate surface area is 152 Å². The number of carboxylic acid groups (broad SMARTS) is 1. The zero-order valence-corrected chi connectivity index (χ0v) is 15.6. The first kappa shape index (κ1) is 19.4. The molecule has 7 heteroatoms. The summed E-state index contributed by atoms with van der Waals surface area (Å²) in [4.78, 5) is 38.4. The van der Waals surface area contributed by atoms with Crippen molar-refractivity contribution in [2.75, 3.05) is 13.1 Å². The van der Waals surface area contributed by atoms with Crippen molar-refractivity contribution in [1.29, 1.82) is 0 Å². The fourth-order valence-corrected chi connectivity index (χ4v) is 3.97. The van der Waals surface area contributed by atoms with E-state index in [9.17, 15) is 14.4 Å². The quantitative estimate of drug-likeness (QED) is 0.776. The number of hydrogen-bond acceptors (Lipinski definition) is 4. The second-order valence-electron chi connectivity index (χ2n) is 6.83. The van der Waals surface area contributed by atoms with Crippen LogP contribution in [-0.2, 0) is 14.4 Å². The van der Waals surface area contributed by atoms with E-state index >= 15 is 0 Å². The largest absolute Gasteiger partial charge is 0.481 e. The van der Waals surface area contributed by atoms with Crippen LogP contribution in [0.4, 0.5) is 0 Å². The number of piperidine rings is 1. The first-order valence-electron chi connectivity index (χ1n) is 8.70. The molecule has 0 bridgehead atoms. The second kappa shape index (κ2) is 8.99. The Hall–Kier alpha value is -1.89. The van der Waals surface area contributed by atoms with Crippen LogP contribution in [0.1, 0.15) is 50.3 Å². The Morgan fingerprint density at radius 2 is 1.96 bits per heavy atom. The van der Waals surface area contributed by atoms with Gasteiger partial charge in [-0.15, -0.1) is 11.3 Å². The summed E-state index contributed by atoms with van der Waals surface area (Å²) in [7, 11) is 0. The molecule has 0 saturated carbocycles. The van der Waals surface area contributed by atoms with Crippen LogP contribution in [0, 0.1) is 5.92 Å². The molecule has 1 unspecified atom stereocenters. The highest BCUT2D eigenvalue weighted by Crippen LogP contribution is 2.29. The van der Waals surface area contributed by atoms with Crippen molar-refractivity contribution < 1.29 is 19.5 Å². The topological polar surface area (TPSA) is 86.7 Å². The lowest BCUT2D eigenvalue weighted by molar-refractivity contribution is -0.139. The lowest BCUT2D eigenvalue weighted by atomic mass is 9.94. The SMILES string of the molecule is CC(C)NC(=O)C1CCN(C(=O)CC(CC(=O)O)c2cccs2)CC1. The fourth-order valence-electron chi connectivity index (χ4n) is 3.14. The van der Waals surface area contributed by atoms with Gasteiger partial charge in [0, 0.05) is 42.3 Å². The number of nitrogens with one attached hydrogen (secondary N) is 1. The molecule has 1 aliphatic rings. The Kier molecular flexibility index (Phi) is 6.99. The average Bonchev–Trinajstić information content (AvgIpc) is 3.07. The van der Waals surface area contributed by atoms with Crippen molar-refractivity contribution in [2.24, 2.45) is 5.92 Å². The molecule has 2 amide bonds. The maximum atomic E-state index is 12.6. The smallest absolute Gasteiger partial charge is 0.304 e. The maximum Gasteiger partial charge on any atom is 0.304 e. The number of carboxylic acids is 1. The van der Waals surface area contributed by atoms with Gasteiger partial charge in [0.2, 0.25) is 11.8 Å². The van der Waals surface area contributed by atoms with Gasteiger partial charge < -0.3 is 15.3 Å². The molecule has 1 aliphatic heterocycles. The van der Waals surface area contributed by atoms with Gasteiger partial charge in [-0.2, -0.15) is 0 Å². The van der Waals surface area contributed by atoms with E-state index in [4.69, 9.17) is 5.11 Å². The summed E-state index contributed by atoms with van der Waals surface area (Å²) in [5, 5.41) is 13.9. The van der Waals surface area contributed by atoms with Gasteiger partial charge in [-0.25, -0.2) is 0 Å². The summed E-state index contributed by atoms with van der Waals surface area (Å²) in [6, 6.07) is 3.88. The van der Waals surface area contributed by atoms with E-state index in [1.54, 1.807) is 4.90 Å². The molecule has 0 spiro atoms. The molecule has 6 nitrogen and oxygen atoms in total. The molecule has 25 heavy (non-hydrogen) atoms. The number of nitrogens with zero attached hydrogens (tertiary/aromatic N) is 1. The number of likely N-dealkylation sites (tertiary alicyclic amines) is 1. The standard InChI is InChI=1S/C18H26N2O4S/c1-12(2)19-18(24)13-5-7-20(8-6-13)16(21)10-14(11-17(22)23)15-4-3-9-25-15/h3-4,9,12-14H,5-8,10-11H2,1-2H3,(H,19,24)(H,22,23). The molecule has 2 N–H and O–H groups in total. The van der Waals surface area contributed by atoms with Crippen LogP contribution in [0.5, 0.6) is 0 Å². The number of thiophene rings is 1. The van der Waals surface area contributed by atoms with Gasteiger partial charge in [-0.3, -0.25) is 14.4 Å². The third-order valence-corrected chi connectivity index (χ3v) is 5.47. The van der Waals surface area contributed by atoms with E-state index in [0.717, 1.165) is 4.88 Å². The van der Waals surface area contributed by atoms with Crippen LogP contribution in [0.2, 0.25) is 0 Å². The van der Waals surface area contributed by atoms with Gasteiger partial charge in [0.15, 0.2) is 0 Å². The highest BCUT2D eigenvalue weighted by atomic mass is 32.1. The van der Waals surface area contributed by atoms with Crippen LogP contribution >= 0.6 is 11.3 Å². The molecule has 1 atom stereocenters. The molecule has 1 aromatic heterocycles. The van der Waals surface area contributed by atoms with E-state index in [1.807, 2.05) is 31.4 Å². The van der Waals surface area contributed by atoms with Crippen molar-refractivity contribution in [3.05, 3.63) is 22.4 Å². The maximum absolute atomic E-state index is 12.6. The molecule has 0 radical (unpaired) electrons. The van der Waals surface area contributed by atoms with E-state index in [0.29, 0.717) is 25.9 Å². The van der Waals surface area contributed by atoms with Crippen molar-refractivity contribution in [2.45, 2.75) is 51.5 Å². The first-order chi connectivity index (χ1) is 11.9. The van der Waals surface area contributed by atoms with E-state index in [2.05, 4.69) is 5.32 Å². The van der Waals surface area contributed by atoms with E-state index < -0.39 is 5.97 Å². The highest BCUT2D eigenvalue weighted by Gasteiger charge is 2.29. The molecule has 0 aromatic carbocycles. The average molecular weight is 366 g/mol. The van der Waals surface area contributed by atoms with Crippen molar-refractivity contribution >= 4 is 29.1 Å². The Bertz CT molecular complexity index is 592. The molecule has 1 aromatic rings. The van der Waals surface area contributed by atoms with Crippen molar-refractivity contribution in [1.82, 2.24) is 10.2 Å². The first-order valence-corrected chi connectivity index (χ1v) is 9.58. The molecular weight excluding hydrogens is 340 g/mol. The monoisotopic (exact) mass is 366 g/mol. The van der Waals surface area contributed by atoms with Crippen LogP contribution in [0.3, 0.4) is 0 Å². The highest BCUT2D eigenvalue weighted by molar-refractivity contribution is 7.10. The van der Waals surface area contributed by atoms with Gasteiger partial charge in [-0.1, -0.05) is 6.07 Å². The Morgan fingerprint density at radius 1 is 1.28 bits per heavy atom. The molecule has 0 aliphatic carbocycles. The summed E-state index contributed by atoms with van der Waals surface area (Å²) in [6.07, 6.45) is 1.48. The van der Waals surface area contributed by atoms with Gasteiger partial charge in [0.1, 0.15) is 0 Å². The van der Waals surface area contributed by atoms with Crippen LogP contribution < -0.4 is 5.32 Å². The number of carbonyl (C=O) groups excluding carboxylic acids is 2. The Morgan fingerprint density at radius 3 is 2.48 bits per heavy atom. The molecule has 2 heterocycles. The zero-order valence-electron chi connectivity index (χ0n) is 14.7. The summed E-state index contributed by atoms with van der Waals surface area (Å²) >= 11 is 1.48. The minimum absolute atomic E-state index is 0.0256. The molecule has 1 fully saturated rings. The summed E-state index contributed by atoms with van der Waals surface area (Å²) < 4.78 is 0. The predicted molar refractivity (Wildman–Crippen MR) is 96.5 cm³/mol. The Balaban J connectivity index is 1.88. The molecular formula is C18H26N2O4S. The second-order valence-corrected chi connectivity index (χ2v) is 7.81. The predicted octanol–water partition coefficient (Wildman–Crippen LogP) is 2.46. The normalized spacial score (nSPS) is 16.7. The van der Waals surface area contributed by atoms with Gasteiger partial charge in [0.25, 0.3) is 0 Å². The number of rotatable bonds is 7. The van der Waals surface area contributed by atoms with Crippen molar-refractivity contribution in [3.63, 3.8) is 0 Å². The summed E-state index contributed by atoms with van der Waals surface area (Å²) in [6.45, 7) is 4.98. The molecule has 2 rings (SSSR count). The van der Waals surface area contributed by atoms with E-state index in [-0.39, 0.29) is 42.5 Å². The van der Waals surface area contributed by atoms with Gasteiger partial charge >= 0.3 is 5.97 Å². The molecule has 1 saturated heterocycles. The molecule has 138 valence electrons. The summed E-state index contributed by atoms with van der Waals surface area (Å²) in [5.41, 5.74) is 0. The summed E-state index contributed by atoms with van der Waals surface area (Å²) in [5.74, 6) is -1.19. The van der Waals surface area contributed by atoms with Crippen LogP contribution in [-0.4, -0.2) is 46.9 Å². The number of amides is 2. The minimum Gasteiger partial charge on any atom is -0.481 e. The third-order valence-electron chi connectivity index (χ3n) is 4.44. The van der Waals surface area contributed by atoms with Crippen molar-refractivity contribution in [3.8, 4) is 0 Å². The van der Waals surface area contributed by atoms with E-state index in [1.165, 1.54) is 11.3 Å².